The molecule has 1 aliphatic carbocycles. The summed E-state index contributed by atoms with van der Waals surface area (Å²) < 4.78 is 21.5. The quantitative estimate of drug-likeness (QED) is 0.819. The molecule has 7 heteroatoms. The van der Waals surface area contributed by atoms with E-state index in [-0.39, 0.29) is 18.6 Å². The molecule has 0 spiro atoms. The van der Waals surface area contributed by atoms with Crippen molar-refractivity contribution in [2.24, 2.45) is 5.92 Å². The van der Waals surface area contributed by atoms with E-state index >= 15 is 0 Å². The first-order valence-electron chi connectivity index (χ1n) is 8.25. The van der Waals surface area contributed by atoms with Gasteiger partial charge in [-0.2, -0.15) is 0 Å². The van der Waals surface area contributed by atoms with Gasteiger partial charge in [-0.1, -0.05) is 30.3 Å². The molecule has 1 amide bonds. The first kappa shape index (κ1) is 17.7. The molecule has 7 nitrogen and oxygen atoms in total. The van der Waals surface area contributed by atoms with Crippen LogP contribution in [0.1, 0.15) is 25.8 Å². The molecule has 3 atom stereocenters. The Balaban J connectivity index is 1.61. The lowest BCUT2D eigenvalue weighted by molar-refractivity contribution is -0.149. The molecule has 3 rings (SSSR count). The lowest BCUT2D eigenvalue weighted by Gasteiger charge is -2.20. The van der Waals surface area contributed by atoms with Crippen molar-refractivity contribution in [3.63, 3.8) is 0 Å². The number of esters is 1. The minimum Gasteiger partial charge on any atom is -0.467 e. The van der Waals surface area contributed by atoms with E-state index < -0.39 is 23.4 Å². The molecule has 136 valence electrons. The summed E-state index contributed by atoms with van der Waals surface area (Å²) in [6, 6.07) is 9.32. The third kappa shape index (κ3) is 3.77. The fourth-order valence-electron chi connectivity index (χ4n) is 3.20. The average molecular weight is 349 g/mol. The number of hydrogen-bond donors (Lipinski definition) is 1. The molecule has 1 saturated carbocycles. The lowest BCUT2D eigenvalue weighted by atomic mass is 10.1. The highest BCUT2D eigenvalue weighted by Gasteiger charge is 2.67. The zero-order chi connectivity index (χ0) is 18.1. The predicted molar refractivity (Wildman–Crippen MR) is 87.5 cm³/mol. The summed E-state index contributed by atoms with van der Waals surface area (Å²) in [6.45, 7) is 4.13. The summed E-state index contributed by atoms with van der Waals surface area (Å²) in [7, 11) is 1.30. The van der Waals surface area contributed by atoms with Gasteiger partial charge in [0.1, 0.15) is 12.1 Å². The van der Waals surface area contributed by atoms with Crippen LogP contribution in [0.5, 0.6) is 0 Å². The van der Waals surface area contributed by atoms with Crippen molar-refractivity contribution >= 4 is 12.1 Å². The van der Waals surface area contributed by atoms with E-state index in [1.807, 2.05) is 44.2 Å². The Hall–Kier alpha value is -2.12. The lowest BCUT2D eigenvalue weighted by Crippen LogP contribution is -2.47. The third-order valence-electron chi connectivity index (χ3n) is 4.58. The molecule has 2 fully saturated rings. The number of benzene rings is 1. The SMILES string of the molecule is COC(=O)[C@@]1(NC(=O)OCc2ccccc2)C[C@H]1[C@H]1COC(C)(C)O1. The van der Waals surface area contributed by atoms with Crippen LogP contribution in [0.25, 0.3) is 0 Å². The van der Waals surface area contributed by atoms with Crippen molar-refractivity contribution in [1.29, 1.82) is 0 Å². The van der Waals surface area contributed by atoms with Crippen LogP contribution in [0.4, 0.5) is 4.79 Å². The Labute approximate surface area is 146 Å². The van der Waals surface area contributed by atoms with E-state index in [1.54, 1.807) is 0 Å². The van der Waals surface area contributed by atoms with Gasteiger partial charge in [-0.25, -0.2) is 9.59 Å². The maximum absolute atomic E-state index is 12.2. The van der Waals surface area contributed by atoms with Crippen LogP contribution in [0.2, 0.25) is 0 Å². The van der Waals surface area contributed by atoms with Gasteiger partial charge in [0.15, 0.2) is 5.79 Å². The van der Waals surface area contributed by atoms with Gasteiger partial charge in [0.05, 0.1) is 19.8 Å². The molecule has 1 aliphatic heterocycles. The standard InChI is InChI=1S/C18H23NO6/c1-17(2)24-11-14(25-17)13-9-18(13,15(20)22-3)19-16(21)23-10-12-7-5-4-6-8-12/h4-8,13-14H,9-11H2,1-3H3,(H,19,21)/t13-,14+,18+/m0/s1. The molecule has 0 bridgehead atoms. The minimum atomic E-state index is -1.11. The van der Waals surface area contributed by atoms with E-state index in [1.165, 1.54) is 7.11 Å². The summed E-state index contributed by atoms with van der Waals surface area (Å²) in [5, 5.41) is 2.67. The van der Waals surface area contributed by atoms with E-state index in [0.717, 1.165) is 5.56 Å². The van der Waals surface area contributed by atoms with Crippen molar-refractivity contribution in [2.45, 2.75) is 44.3 Å². The van der Waals surface area contributed by atoms with Crippen LogP contribution in [0.15, 0.2) is 30.3 Å². The Kier molecular flexibility index (Phi) is 4.71. The highest BCUT2D eigenvalue weighted by molar-refractivity contribution is 5.89. The molecule has 0 radical (unpaired) electrons. The number of amides is 1. The minimum absolute atomic E-state index is 0.130. The molecule has 1 N–H and O–H groups in total. The second-order valence-corrected chi connectivity index (χ2v) is 6.83. The van der Waals surface area contributed by atoms with Crippen LogP contribution >= 0.6 is 0 Å². The topological polar surface area (TPSA) is 83.1 Å². The van der Waals surface area contributed by atoms with Gasteiger partial charge in [-0.3, -0.25) is 0 Å². The van der Waals surface area contributed by atoms with Gasteiger partial charge in [-0.05, 0) is 25.8 Å². The molecule has 1 aromatic rings. The van der Waals surface area contributed by atoms with E-state index in [0.29, 0.717) is 13.0 Å². The van der Waals surface area contributed by atoms with Crippen molar-refractivity contribution < 1.29 is 28.5 Å². The smallest absolute Gasteiger partial charge is 0.408 e. The summed E-state index contributed by atoms with van der Waals surface area (Å²) >= 11 is 0. The van der Waals surface area contributed by atoms with Crippen molar-refractivity contribution in [1.82, 2.24) is 5.32 Å². The molecule has 25 heavy (non-hydrogen) atoms. The Morgan fingerprint density at radius 3 is 2.60 bits per heavy atom. The normalized spacial score (nSPS) is 29.7. The number of ether oxygens (including phenoxy) is 4. The van der Waals surface area contributed by atoms with Crippen LogP contribution < -0.4 is 5.32 Å². The number of carbonyl (C=O) groups excluding carboxylic acids is 2. The first-order valence-corrected chi connectivity index (χ1v) is 8.25. The van der Waals surface area contributed by atoms with Gasteiger partial charge < -0.3 is 24.3 Å². The van der Waals surface area contributed by atoms with Gasteiger partial charge >= 0.3 is 12.1 Å². The van der Waals surface area contributed by atoms with E-state index in [2.05, 4.69) is 5.32 Å². The van der Waals surface area contributed by atoms with Gasteiger partial charge in [0, 0.05) is 5.92 Å². The highest BCUT2D eigenvalue weighted by Crippen LogP contribution is 2.50. The maximum atomic E-state index is 12.2. The number of nitrogens with one attached hydrogen (secondary N) is 1. The number of alkyl carbamates (subject to hydrolysis) is 1. The zero-order valence-corrected chi connectivity index (χ0v) is 14.6. The molecule has 1 aromatic carbocycles. The highest BCUT2D eigenvalue weighted by atomic mass is 16.7. The molecule has 1 heterocycles. The Bertz CT molecular complexity index is 646. The fraction of sp³-hybridized carbons (Fsp3) is 0.556. The average Bonchev–Trinajstić information content (AvgIpc) is 3.20. The summed E-state index contributed by atoms with van der Waals surface area (Å²) in [5.41, 5.74) is -0.247. The van der Waals surface area contributed by atoms with E-state index in [9.17, 15) is 9.59 Å². The molecule has 0 unspecified atom stereocenters. The van der Waals surface area contributed by atoms with Crippen LogP contribution in [0.3, 0.4) is 0 Å². The Morgan fingerprint density at radius 1 is 1.28 bits per heavy atom. The monoisotopic (exact) mass is 349 g/mol. The van der Waals surface area contributed by atoms with Crippen LogP contribution in [-0.4, -0.2) is 43.2 Å². The van der Waals surface area contributed by atoms with Crippen molar-refractivity contribution in [2.75, 3.05) is 13.7 Å². The van der Waals surface area contributed by atoms with Crippen molar-refractivity contribution in [3.8, 4) is 0 Å². The maximum Gasteiger partial charge on any atom is 0.408 e. The Morgan fingerprint density at radius 2 is 2.00 bits per heavy atom. The van der Waals surface area contributed by atoms with Crippen LogP contribution in [-0.2, 0) is 30.3 Å². The largest absolute Gasteiger partial charge is 0.467 e. The molecular formula is C18H23NO6. The van der Waals surface area contributed by atoms with Gasteiger partial charge in [-0.15, -0.1) is 0 Å². The molecular weight excluding hydrogens is 326 g/mol. The molecule has 1 saturated heterocycles. The van der Waals surface area contributed by atoms with Gasteiger partial charge in [0.25, 0.3) is 0 Å². The van der Waals surface area contributed by atoms with Crippen molar-refractivity contribution in [3.05, 3.63) is 35.9 Å². The second-order valence-electron chi connectivity index (χ2n) is 6.83. The second kappa shape index (κ2) is 6.65. The number of carbonyl (C=O) groups is 2. The van der Waals surface area contributed by atoms with E-state index in [4.69, 9.17) is 18.9 Å². The van der Waals surface area contributed by atoms with Gasteiger partial charge in [0.2, 0.25) is 0 Å². The van der Waals surface area contributed by atoms with Crippen LogP contribution in [0, 0.1) is 5.92 Å². The summed E-state index contributed by atoms with van der Waals surface area (Å²) in [6.07, 6.45) is -0.497. The first-order chi connectivity index (χ1) is 11.9. The molecule has 0 aromatic heterocycles. The zero-order valence-electron chi connectivity index (χ0n) is 14.6. The number of rotatable bonds is 5. The number of methoxy groups -OCH3 is 1. The predicted octanol–water partition coefficient (Wildman–Crippen LogP) is 2.00. The summed E-state index contributed by atoms with van der Waals surface area (Å²) in [5.74, 6) is -1.39. The molecule has 2 aliphatic rings. The summed E-state index contributed by atoms with van der Waals surface area (Å²) in [4.78, 5) is 24.4. The fourth-order valence-corrected chi connectivity index (χ4v) is 3.20. The number of hydrogen-bond acceptors (Lipinski definition) is 6. The third-order valence-corrected chi connectivity index (χ3v) is 4.58.